The number of aryl methyl sites for hydroxylation is 6. The summed E-state index contributed by atoms with van der Waals surface area (Å²) < 4.78 is 23.2. The van der Waals surface area contributed by atoms with Crippen molar-refractivity contribution in [2.75, 3.05) is 0 Å². The Kier molecular flexibility index (Phi) is 19.5. The van der Waals surface area contributed by atoms with Crippen LogP contribution in [0.1, 0.15) is 107 Å². The molecule has 0 aliphatic rings. The molecule has 8 aromatic rings. The summed E-state index contributed by atoms with van der Waals surface area (Å²) in [5.74, 6) is -1.70. The van der Waals surface area contributed by atoms with Crippen molar-refractivity contribution in [1.82, 2.24) is 0 Å². The van der Waals surface area contributed by atoms with Gasteiger partial charge < -0.3 is 0 Å². The maximum atomic E-state index is 16.2. The summed E-state index contributed by atoms with van der Waals surface area (Å²) >= 11 is -12.9. The van der Waals surface area contributed by atoms with Gasteiger partial charge in [-0.2, -0.15) is 0 Å². The Bertz CT molecular complexity index is 2720. The van der Waals surface area contributed by atoms with Gasteiger partial charge in [0, 0.05) is 0 Å². The Morgan fingerprint density at radius 1 is 0.364 bits per heavy atom. The van der Waals surface area contributed by atoms with Gasteiger partial charge in [-0.25, -0.2) is 0 Å². The molecule has 0 aromatic heterocycles. The molecule has 0 heterocycles. The number of hydrogen-bond acceptors (Lipinski definition) is 4. The molecule has 0 saturated heterocycles. The number of hydrogen-bond donors (Lipinski definition) is 0. The molecule has 77 heavy (non-hydrogen) atoms. The molecule has 7 heteroatoms. The van der Waals surface area contributed by atoms with Crippen LogP contribution in [0.3, 0.4) is 0 Å². The van der Waals surface area contributed by atoms with Crippen LogP contribution >= 0.6 is 0 Å². The number of benzene rings is 8. The van der Waals surface area contributed by atoms with Crippen LogP contribution < -0.4 is 26.4 Å². The zero-order chi connectivity index (χ0) is 54.7. The first-order chi connectivity index (χ1) is 37.2. The normalized spacial score (nSPS) is 13.5. The van der Waals surface area contributed by atoms with E-state index in [1.807, 2.05) is 0 Å². The molecule has 4 atom stereocenters. The van der Waals surface area contributed by atoms with Crippen molar-refractivity contribution in [1.29, 1.82) is 0 Å². The molecule has 0 radical (unpaired) electrons. The van der Waals surface area contributed by atoms with Crippen LogP contribution in [0.2, 0.25) is 8.87 Å². The zero-order valence-corrected chi connectivity index (χ0v) is 54.4. The fourth-order valence-electron chi connectivity index (χ4n) is 12.2. The maximum absolute atomic E-state index is 16.2. The van der Waals surface area contributed by atoms with Crippen LogP contribution in [0.15, 0.2) is 206 Å². The van der Waals surface area contributed by atoms with Gasteiger partial charge in [0.1, 0.15) is 0 Å². The molecule has 0 fully saturated rings. The first-order valence-electron chi connectivity index (χ1n) is 28.1. The Balaban J connectivity index is 1.30. The van der Waals surface area contributed by atoms with Crippen LogP contribution in [0, 0.1) is 53.4 Å². The quantitative estimate of drug-likeness (QED) is 0.0635. The van der Waals surface area contributed by atoms with Gasteiger partial charge >= 0.3 is 476 Å². The van der Waals surface area contributed by atoms with Gasteiger partial charge in [0.15, 0.2) is 0 Å². The average molecular weight is 1250 g/mol. The van der Waals surface area contributed by atoms with E-state index in [1.165, 1.54) is 59.8 Å². The summed E-state index contributed by atoms with van der Waals surface area (Å²) in [7, 11) is 0. The summed E-state index contributed by atoms with van der Waals surface area (Å²) in [5, 5.41) is 0. The Morgan fingerprint density at radius 2 is 0.584 bits per heavy atom. The first-order valence-corrected chi connectivity index (χ1v) is 43.2. The molecule has 8 rings (SSSR count). The molecule has 4 unspecified atom stereocenters. The first kappa shape index (κ1) is 57.8. The summed E-state index contributed by atoms with van der Waals surface area (Å²) in [6, 6.07) is 76.2. The summed E-state index contributed by atoms with van der Waals surface area (Å²) in [6.45, 7) is 21.4. The van der Waals surface area contributed by atoms with Crippen LogP contribution in [-0.2, 0) is 15.7 Å². The van der Waals surface area contributed by atoms with Crippen LogP contribution in [0.25, 0.3) is 0 Å². The van der Waals surface area contributed by atoms with E-state index in [9.17, 15) is 0 Å². The molecular formula is C70H80Ge2O4Sn. The van der Waals surface area contributed by atoms with Crippen molar-refractivity contribution in [3.63, 3.8) is 0 Å². The zero-order valence-electron chi connectivity index (χ0n) is 47.3. The summed E-state index contributed by atoms with van der Waals surface area (Å²) in [4.78, 5) is 32.4. The summed E-state index contributed by atoms with van der Waals surface area (Å²) in [6.07, 6.45) is 3.40. The standard InChI is InChI=1S/2C31H32GeO2.2C4H9.Sn/c2*1-22-10-16-27(17-11-22)32(28-18-12-23(2)13-19-28,29-20-14-24(3)15-21-29)30(25(4)31(33)34)26-8-6-5-7-9-26;2*1-3-4-2;/h2*5-21,25,30H,1-4H3,(H,33,34);2*1,3-4H2,2H3;/q;;;;+2/p-2. The van der Waals surface area contributed by atoms with E-state index < -0.39 is 57.6 Å². The van der Waals surface area contributed by atoms with Crippen molar-refractivity contribution < 1.29 is 15.7 Å². The second kappa shape index (κ2) is 26.0. The Labute approximate surface area is 471 Å². The van der Waals surface area contributed by atoms with Crippen molar-refractivity contribution in [3.8, 4) is 0 Å². The van der Waals surface area contributed by atoms with E-state index in [0.29, 0.717) is 8.87 Å². The van der Waals surface area contributed by atoms with E-state index in [0.717, 1.165) is 36.8 Å². The van der Waals surface area contributed by atoms with Crippen LogP contribution in [-0.4, -0.2) is 57.7 Å². The second-order valence-corrected chi connectivity index (χ2v) is 48.0. The predicted octanol–water partition coefficient (Wildman–Crippen LogP) is 13.2. The number of carbonyl (C=O) groups is 2. The van der Waals surface area contributed by atoms with Gasteiger partial charge in [-0.1, -0.05) is 0 Å². The van der Waals surface area contributed by atoms with Gasteiger partial charge in [0.05, 0.1) is 0 Å². The van der Waals surface area contributed by atoms with Crippen LogP contribution in [0.5, 0.6) is 0 Å². The SMILES string of the molecule is CCC[CH2][Sn]([CH2]CCC)([O]C(=O)C(C)[CH](c1ccccc1)[Ge]([c]1ccc(C)cc1)([c]1ccc(C)cc1)[c]1ccc(C)cc1)[O]C(=O)C(C)[CH](c1ccccc1)[Ge]([c]1ccc(C)cc1)([c]1ccc(C)cc1)[c]1ccc(C)cc1. The fourth-order valence-corrected chi connectivity index (χ4v) is 46.5. The van der Waals surface area contributed by atoms with Crippen molar-refractivity contribution in [2.24, 2.45) is 11.8 Å². The predicted molar refractivity (Wildman–Crippen MR) is 330 cm³/mol. The minimum absolute atomic E-state index is 0.248. The van der Waals surface area contributed by atoms with E-state index in [4.69, 9.17) is 6.15 Å². The third-order valence-corrected chi connectivity index (χ3v) is 49.1. The van der Waals surface area contributed by atoms with E-state index in [2.05, 4.69) is 275 Å². The molecule has 0 saturated carbocycles. The van der Waals surface area contributed by atoms with Crippen molar-refractivity contribution in [3.05, 3.63) is 251 Å². The molecule has 0 N–H and O–H groups in total. The van der Waals surface area contributed by atoms with Gasteiger partial charge in [0.2, 0.25) is 0 Å². The Morgan fingerprint density at radius 3 is 0.792 bits per heavy atom. The molecule has 0 amide bonds. The van der Waals surface area contributed by atoms with Crippen LogP contribution in [0.4, 0.5) is 0 Å². The van der Waals surface area contributed by atoms with E-state index in [1.54, 1.807) is 0 Å². The third kappa shape index (κ3) is 12.6. The van der Waals surface area contributed by atoms with Crippen molar-refractivity contribution in [2.45, 2.75) is 113 Å². The average Bonchev–Trinajstić information content (AvgIpc) is 3.51. The molecule has 0 aliphatic heterocycles. The van der Waals surface area contributed by atoms with E-state index >= 15 is 9.59 Å². The molecule has 0 spiro atoms. The fraction of sp³-hybridized carbons (Fsp3) is 0.286. The monoisotopic (exact) mass is 1250 g/mol. The van der Waals surface area contributed by atoms with Gasteiger partial charge in [-0.15, -0.1) is 0 Å². The van der Waals surface area contributed by atoms with Gasteiger partial charge in [-0.3, -0.25) is 0 Å². The molecule has 0 bridgehead atoms. The molecular weight excluding hydrogens is 1170 g/mol. The topological polar surface area (TPSA) is 52.6 Å². The molecule has 4 nitrogen and oxygen atoms in total. The van der Waals surface area contributed by atoms with Gasteiger partial charge in [0.25, 0.3) is 0 Å². The number of unbranched alkanes of at least 4 members (excludes halogenated alkanes) is 2. The van der Waals surface area contributed by atoms with Gasteiger partial charge in [-0.05, 0) is 0 Å². The molecule has 8 aromatic carbocycles. The number of carbonyl (C=O) groups excluding carboxylic acids is 2. The van der Waals surface area contributed by atoms with E-state index in [-0.39, 0.29) is 21.4 Å². The molecule has 396 valence electrons. The summed E-state index contributed by atoms with van der Waals surface area (Å²) in [5.41, 5.74) is 9.37. The third-order valence-electron chi connectivity index (χ3n) is 16.4. The van der Waals surface area contributed by atoms with Crippen molar-refractivity contribution >= 4 is 84.1 Å². The second-order valence-electron chi connectivity index (χ2n) is 22.1. The molecule has 0 aliphatic carbocycles. The Hall–Kier alpha value is -5.42. The number of rotatable bonds is 22. The minimum atomic E-state index is -4.79.